The lowest BCUT2D eigenvalue weighted by Crippen LogP contribution is -2.50. The molecule has 6 nitrogen and oxygen atoms in total. The van der Waals surface area contributed by atoms with Gasteiger partial charge >= 0.3 is 0 Å². The first-order chi connectivity index (χ1) is 8.81. The third-order valence-electron chi connectivity index (χ3n) is 2.89. The number of ether oxygens (including phenoxy) is 2. The number of carbonyl (C=O) groups is 1. The fourth-order valence-corrected chi connectivity index (χ4v) is 1.46. The number of phenolic OH excluding ortho intramolecular Hbond substituents is 1. The molecule has 0 unspecified atom stereocenters. The van der Waals surface area contributed by atoms with Gasteiger partial charge in [0.25, 0.3) is 0 Å². The molecule has 106 valence electrons. The zero-order valence-corrected chi connectivity index (χ0v) is 11.6. The number of hydrogen-bond acceptors (Lipinski definition) is 5. The Labute approximate surface area is 112 Å². The van der Waals surface area contributed by atoms with Crippen LogP contribution >= 0.6 is 0 Å². The maximum absolute atomic E-state index is 11.2. The molecular weight excluding hydrogens is 248 g/mol. The molecule has 0 bridgehead atoms. The summed E-state index contributed by atoms with van der Waals surface area (Å²) < 4.78 is 10.1. The van der Waals surface area contributed by atoms with E-state index in [4.69, 9.17) is 15.2 Å². The van der Waals surface area contributed by atoms with Gasteiger partial charge in [-0.25, -0.2) is 0 Å². The third kappa shape index (κ3) is 3.51. The minimum absolute atomic E-state index is 0.0529. The summed E-state index contributed by atoms with van der Waals surface area (Å²) in [5.41, 5.74) is 5.27. The predicted molar refractivity (Wildman–Crippen MR) is 71.3 cm³/mol. The van der Waals surface area contributed by atoms with Crippen molar-refractivity contribution in [3.63, 3.8) is 0 Å². The van der Waals surface area contributed by atoms with Crippen LogP contribution in [0.25, 0.3) is 0 Å². The largest absolute Gasteiger partial charge is 0.502 e. The number of methoxy groups -OCH3 is 2. The molecule has 4 N–H and O–H groups in total. The van der Waals surface area contributed by atoms with E-state index in [0.29, 0.717) is 18.0 Å². The number of aromatic hydroxyl groups is 1. The quantitative estimate of drug-likeness (QED) is 0.708. The van der Waals surface area contributed by atoms with Gasteiger partial charge in [0, 0.05) is 6.54 Å². The normalized spacial score (nSPS) is 11.2. The summed E-state index contributed by atoms with van der Waals surface area (Å²) in [5, 5.41) is 12.8. The van der Waals surface area contributed by atoms with Crippen molar-refractivity contribution in [1.29, 1.82) is 0 Å². The lowest BCUT2D eigenvalue weighted by molar-refractivity contribution is -0.123. The third-order valence-corrected chi connectivity index (χ3v) is 2.89. The molecule has 6 heteroatoms. The molecule has 1 amide bonds. The van der Waals surface area contributed by atoms with Gasteiger partial charge in [0.1, 0.15) is 0 Å². The van der Waals surface area contributed by atoms with Crippen LogP contribution in [0.15, 0.2) is 12.1 Å². The van der Waals surface area contributed by atoms with Crippen LogP contribution in [0.1, 0.15) is 19.4 Å². The lowest BCUT2D eigenvalue weighted by atomic mass is 10.0. The molecule has 0 fully saturated rings. The van der Waals surface area contributed by atoms with Gasteiger partial charge < -0.3 is 20.3 Å². The van der Waals surface area contributed by atoms with Crippen LogP contribution in [-0.2, 0) is 11.3 Å². The van der Waals surface area contributed by atoms with Crippen molar-refractivity contribution in [1.82, 2.24) is 5.32 Å². The number of rotatable bonds is 6. The average Bonchev–Trinajstić information content (AvgIpc) is 2.37. The Bertz CT molecular complexity index is 447. The van der Waals surface area contributed by atoms with Crippen LogP contribution in [0.4, 0.5) is 0 Å². The molecule has 0 spiro atoms. The van der Waals surface area contributed by atoms with Gasteiger partial charge in [-0.05, 0) is 31.5 Å². The van der Waals surface area contributed by atoms with Gasteiger partial charge in [0.15, 0.2) is 11.5 Å². The van der Waals surface area contributed by atoms with Crippen LogP contribution in [0.3, 0.4) is 0 Å². The van der Waals surface area contributed by atoms with Gasteiger partial charge in [-0.15, -0.1) is 0 Å². The molecule has 1 aromatic carbocycles. The summed E-state index contributed by atoms with van der Waals surface area (Å²) in [5.74, 6) is 0.134. The number of nitrogens with one attached hydrogen (secondary N) is 1. The van der Waals surface area contributed by atoms with Crippen LogP contribution < -0.4 is 20.5 Å². The molecule has 0 saturated carbocycles. The minimum Gasteiger partial charge on any atom is -0.502 e. The molecule has 0 saturated heterocycles. The molecule has 1 aromatic rings. The number of phenols is 1. The smallest absolute Gasteiger partial charge is 0.237 e. The highest BCUT2D eigenvalue weighted by molar-refractivity contribution is 5.83. The van der Waals surface area contributed by atoms with E-state index in [1.165, 1.54) is 14.2 Å². The molecule has 0 aromatic heterocycles. The van der Waals surface area contributed by atoms with Gasteiger partial charge in [-0.3, -0.25) is 10.1 Å². The molecule has 0 heterocycles. The Balaban J connectivity index is 2.93. The van der Waals surface area contributed by atoms with Crippen LogP contribution in [0.5, 0.6) is 17.2 Å². The predicted octanol–water partition coefficient (Wildman–Crippen LogP) is 0.763. The summed E-state index contributed by atoms with van der Waals surface area (Å²) in [7, 11) is 2.91. The second-order valence-electron chi connectivity index (χ2n) is 4.69. The zero-order chi connectivity index (χ0) is 14.6. The zero-order valence-electron chi connectivity index (χ0n) is 11.6. The molecule has 0 aliphatic rings. The summed E-state index contributed by atoms with van der Waals surface area (Å²) in [6.45, 7) is 3.79. The summed E-state index contributed by atoms with van der Waals surface area (Å²) in [6, 6.07) is 3.34. The maximum atomic E-state index is 11.2. The number of carbonyl (C=O) groups excluding carboxylic acids is 1. The second-order valence-corrected chi connectivity index (χ2v) is 4.69. The van der Waals surface area contributed by atoms with Gasteiger partial charge in [-0.1, -0.05) is 0 Å². The van der Waals surface area contributed by atoms with Crippen molar-refractivity contribution < 1.29 is 19.4 Å². The summed E-state index contributed by atoms with van der Waals surface area (Å²) in [6.07, 6.45) is 0. The molecule has 0 atom stereocenters. The van der Waals surface area contributed by atoms with Gasteiger partial charge in [-0.2, -0.15) is 0 Å². The van der Waals surface area contributed by atoms with E-state index in [1.54, 1.807) is 26.0 Å². The molecule has 19 heavy (non-hydrogen) atoms. The number of benzene rings is 1. The van der Waals surface area contributed by atoms with Crippen molar-refractivity contribution in [2.75, 3.05) is 14.2 Å². The highest BCUT2D eigenvalue weighted by Crippen LogP contribution is 2.37. The number of amides is 1. The fraction of sp³-hybridized carbons (Fsp3) is 0.462. The van der Waals surface area contributed by atoms with Crippen molar-refractivity contribution >= 4 is 5.91 Å². The Morgan fingerprint density at radius 2 is 1.79 bits per heavy atom. The average molecular weight is 268 g/mol. The number of hydrogen-bond donors (Lipinski definition) is 3. The van der Waals surface area contributed by atoms with Gasteiger partial charge in [0.05, 0.1) is 19.8 Å². The van der Waals surface area contributed by atoms with E-state index >= 15 is 0 Å². The first-order valence-electron chi connectivity index (χ1n) is 5.80. The first kappa shape index (κ1) is 15.1. The van der Waals surface area contributed by atoms with Crippen LogP contribution in [-0.4, -0.2) is 30.8 Å². The van der Waals surface area contributed by atoms with E-state index in [-0.39, 0.29) is 5.75 Å². The van der Waals surface area contributed by atoms with E-state index in [2.05, 4.69) is 5.32 Å². The van der Waals surface area contributed by atoms with Gasteiger partial charge in [0.2, 0.25) is 11.7 Å². The molecule has 0 aliphatic carbocycles. The summed E-state index contributed by atoms with van der Waals surface area (Å²) in [4.78, 5) is 11.2. The Morgan fingerprint density at radius 3 is 2.16 bits per heavy atom. The maximum Gasteiger partial charge on any atom is 0.237 e. The van der Waals surface area contributed by atoms with E-state index in [0.717, 1.165) is 5.56 Å². The molecule has 0 radical (unpaired) electrons. The minimum atomic E-state index is -0.821. The van der Waals surface area contributed by atoms with Crippen LogP contribution in [0.2, 0.25) is 0 Å². The Hall–Kier alpha value is -1.95. The Kier molecular flexibility index (Phi) is 4.61. The molecular formula is C13H20N2O4. The Morgan fingerprint density at radius 1 is 1.32 bits per heavy atom. The van der Waals surface area contributed by atoms with Crippen molar-refractivity contribution in [2.24, 2.45) is 5.73 Å². The topological polar surface area (TPSA) is 93.8 Å². The fourth-order valence-electron chi connectivity index (χ4n) is 1.46. The highest BCUT2D eigenvalue weighted by atomic mass is 16.5. The molecule has 1 rings (SSSR count). The van der Waals surface area contributed by atoms with Crippen LogP contribution in [0, 0.1) is 0 Å². The molecule has 0 aliphatic heterocycles. The standard InChI is InChI=1S/C13H20N2O4/c1-13(2,12(14)17)15-7-8-5-9(18-3)11(16)10(6-8)19-4/h5-6,15-16H,7H2,1-4H3,(H2,14,17). The number of primary amides is 1. The second kappa shape index (κ2) is 5.79. The van der Waals surface area contributed by atoms with Crippen molar-refractivity contribution in [2.45, 2.75) is 25.9 Å². The highest BCUT2D eigenvalue weighted by Gasteiger charge is 2.24. The first-order valence-corrected chi connectivity index (χ1v) is 5.80. The van der Waals surface area contributed by atoms with Crippen molar-refractivity contribution in [3.8, 4) is 17.2 Å². The van der Waals surface area contributed by atoms with E-state index in [9.17, 15) is 9.90 Å². The number of nitrogens with two attached hydrogens (primary N) is 1. The lowest BCUT2D eigenvalue weighted by Gasteiger charge is -2.22. The summed E-state index contributed by atoms with van der Waals surface area (Å²) >= 11 is 0. The van der Waals surface area contributed by atoms with E-state index in [1.807, 2.05) is 0 Å². The van der Waals surface area contributed by atoms with Crippen molar-refractivity contribution in [3.05, 3.63) is 17.7 Å². The van der Waals surface area contributed by atoms with E-state index < -0.39 is 11.4 Å². The monoisotopic (exact) mass is 268 g/mol. The SMILES string of the molecule is COc1cc(CNC(C)(C)C(N)=O)cc(OC)c1O.